The Morgan fingerprint density at radius 2 is 1.79 bits per heavy atom. The van der Waals surface area contributed by atoms with Gasteiger partial charge in [-0.05, 0) is 30.9 Å². The lowest BCUT2D eigenvalue weighted by Gasteiger charge is -2.32. The van der Waals surface area contributed by atoms with E-state index < -0.39 is 17.6 Å². The van der Waals surface area contributed by atoms with Gasteiger partial charge >= 0.3 is 6.03 Å². The third-order valence-corrected chi connectivity index (χ3v) is 4.42. The number of aryl methyl sites for hydroxylation is 1. The zero-order chi connectivity index (χ0) is 17.5. The number of carbonyl (C=O) groups excluding carboxylic acids is 2. The van der Waals surface area contributed by atoms with Gasteiger partial charge in [-0.2, -0.15) is 0 Å². The summed E-state index contributed by atoms with van der Waals surface area (Å²) >= 11 is 0. The zero-order valence-electron chi connectivity index (χ0n) is 14.6. The Labute approximate surface area is 150 Å². The lowest BCUT2D eigenvalue weighted by atomic mass is 9.92. The molecule has 0 saturated heterocycles. The molecule has 1 rings (SSSR count). The Hall–Kier alpha value is -1.79. The van der Waals surface area contributed by atoms with Crippen molar-refractivity contribution in [3.05, 3.63) is 35.4 Å². The van der Waals surface area contributed by atoms with Gasteiger partial charge in [-0.3, -0.25) is 4.79 Å². The SMILES string of the molecule is CCC(CC)(CN)NC(=O)CC(NC(N)=O)c1ccccc1C.Cl. The Morgan fingerprint density at radius 1 is 1.21 bits per heavy atom. The Kier molecular flexibility index (Phi) is 9.40. The molecule has 1 unspecified atom stereocenters. The lowest BCUT2D eigenvalue weighted by Crippen LogP contribution is -2.53. The van der Waals surface area contributed by atoms with Crippen molar-refractivity contribution in [3.8, 4) is 0 Å². The highest BCUT2D eigenvalue weighted by molar-refractivity contribution is 5.85. The van der Waals surface area contributed by atoms with Crippen molar-refractivity contribution in [2.24, 2.45) is 11.5 Å². The second kappa shape index (κ2) is 10.2. The van der Waals surface area contributed by atoms with E-state index in [4.69, 9.17) is 11.5 Å². The Morgan fingerprint density at radius 3 is 2.25 bits per heavy atom. The summed E-state index contributed by atoms with van der Waals surface area (Å²) < 4.78 is 0. The van der Waals surface area contributed by atoms with Crippen molar-refractivity contribution in [3.63, 3.8) is 0 Å². The first-order chi connectivity index (χ1) is 10.9. The largest absolute Gasteiger partial charge is 0.352 e. The second-order valence-corrected chi connectivity index (χ2v) is 5.86. The maximum atomic E-state index is 12.5. The number of benzene rings is 1. The highest BCUT2D eigenvalue weighted by atomic mass is 35.5. The first kappa shape index (κ1) is 22.2. The molecule has 1 atom stereocenters. The third-order valence-electron chi connectivity index (χ3n) is 4.42. The fourth-order valence-corrected chi connectivity index (χ4v) is 2.69. The molecule has 0 aromatic heterocycles. The molecule has 0 aliphatic heterocycles. The number of urea groups is 1. The number of primary amides is 1. The molecule has 0 spiro atoms. The summed E-state index contributed by atoms with van der Waals surface area (Å²) in [6.45, 7) is 6.31. The maximum absolute atomic E-state index is 12.5. The second-order valence-electron chi connectivity index (χ2n) is 5.86. The van der Waals surface area contributed by atoms with Crippen LogP contribution in [0.2, 0.25) is 0 Å². The predicted octanol–water partition coefficient (Wildman–Crippen LogP) is 2.15. The number of rotatable bonds is 8. The van der Waals surface area contributed by atoms with Gasteiger partial charge in [-0.25, -0.2) is 4.79 Å². The number of nitrogens with two attached hydrogens (primary N) is 2. The van der Waals surface area contributed by atoms with Crippen LogP contribution in [-0.4, -0.2) is 24.0 Å². The molecule has 0 saturated carbocycles. The molecule has 0 fully saturated rings. The van der Waals surface area contributed by atoms with E-state index in [2.05, 4.69) is 10.6 Å². The lowest BCUT2D eigenvalue weighted by molar-refractivity contribution is -0.123. The fourth-order valence-electron chi connectivity index (χ4n) is 2.69. The normalized spacial score (nSPS) is 12.0. The van der Waals surface area contributed by atoms with Crippen molar-refractivity contribution >= 4 is 24.3 Å². The van der Waals surface area contributed by atoms with Gasteiger partial charge < -0.3 is 22.1 Å². The van der Waals surface area contributed by atoms with Crippen molar-refractivity contribution in [2.45, 2.75) is 51.6 Å². The van der Waals surface area contributed by atoms with E-state index in [0.29, 0.717) is 6.54 Å². The topological polar surface area (TPSA) is 110 Å². The van der Waals surface area contributed by atoms with Gasteiger partial charge in [0.1, 0.15) is 0 Å². The molecule has 0 aliphatic carbocycles. The average Bonchev–Trinajstić information content (AvgIpc) is 2.52. The average molecular weight is 357 g/mol. The number of carbonyl (C=O) groups is 2. The van der Waals surface area contributed by atoms with E-state index >= 15 is 0 Å². The zero-order valence-corrected chi connectivity index (χ0v) is 15.4. The van der Waals surface area contributed by atoms with Crippen LogP contribution < -0.4 is 22.1 Å². The minimum atomic E-state index is -0.651. The number of hydrogen-bond acceptors (Lipinski definition) is 3. The van der Waals surface area contributed by atoms with Crippen LogP contribution >= 0.6 is 12.4 Å². The predicted molar refractivity (Wildman–Crippen MR) is 99.0 cm³/mol. The van der Waals surface area contributed by atoms with Gasteiger partial charge in [-0.15, -0.1) is 12.4 Å². The van der Waals surface area contributed by atoms with Crippen LogP contribution in [0.4, 0.5) is 4.79 Å². The molecule has 0 aliphatic rings. The summed E-state index contributed by atoms with van der Waals surface area (Å²) in [7, 11) is 0. The van der Waals surface area contributed by atoms with Crippen LogP contribution in [0, 0.1) is 6.92 Å². The van der Waals surface area contributed by atoms with Gasteiger partial charge in [0.2, 0.25) is 5.91 Å². The minimum absolute atomic E-state index is 0. The molecule has 0 radical (unpaired) electrons. The van der Waals surface area contributed by atoms with Crippen LogP contribution in [0.1, 0.15) is 50.3 Å². The number of nitrogens with one attached hydrogen (secondary N) is 2. The summed E-state index contributed by atoms with van der Waals surface area (Å²) in [4.78, 5) is 23.7. The highest BCUT2D eigenvalue weighted by Crippen LogP contribution is 2.22. The van der Waals surface area contributed by atoms with E-state index in [9.17, 15) is 9.59 Å². The number of hydrogen-bond donors (Lipinski definition) is 4. The van der Waals surface area contributed by atoms with Crippen LogP contribution in [0.25, 0.3) is 0 Å². The molecule has 136 valence electrons. The quantitative estimate of drug-likeness (QED) is 0.572. The summed E-state index contributed by atoms with van der Waals surface area (Å²) in [6.07, 6.45) is 1.63. The summed E-state index contributed by atoms with van der Waals surface area (Å²) in [6, 6.07) is 6.50. The minimum Gasteiger partial charge on any atom is -0.352 e. The molecule has 7 heteroatoms. The standard InChI is InChI=1S/C17H28N4O2.ClH/c1-4-17(5-2,11-18)21-15(22)10-14(20-16(19)23)13-9-7-6-8-12(13)3;/h6-9,14H,4-5,10-11,18H2,1-3H3,(H,21,22)(H3,19,20,23);1H. The Bertz CT molecular complexity index is 539. The van der Waals surface area contributed by atoms with Gasteiger partial charge in [-0.1, -0.05) is 38.1 Å². The Balaban J connectivity index is 0.00000529. The van der Waals surface area contributed by atoms with Gasteiger partial charge in [0.05, 0.1) is 18.0 Å². The fraction of sp³-hybridized carbons (Fsp3) is 0.529. The van der Waals surface area contributed by atoms with E-state index in [0.717, 1.165) is 24.0 Å². The van der Waals surface area contributed by atoms with Crippen LogP contribution in [0.3, 0.4) is 0 Å². The van der Waals surface area contributed by atoms with Crippen molar-refractivity contribution < 1.29 is 9.59 Å². The molecule has 24 heavy (non-hydrogen) atoms. The van der Waals surface area contributed by atoms with Crippen LogP contribution in [0.5, 0.6) is 0 Å². The van der Waals surface area contributed by atoms with Crippen molar-refractivity contribution in [1.29, 1.82) is 0 Å². The molecule has 1 aromatic rings. The first-order valence-corrected chi connectivity index (χ1v) is 8.00. The van der Waals surface area contributed by atoms with Crippen molar-refractivity contribution in [1.82, 2.24) is 10.6 Å². The van der Waals surface area contributed by atoms with Crippen LogP contribution in [0.15, 0.2) is 24.3 Å². The van der Waals surface area contributed by atoms with Crippen molar-refractivity contribution in [2.75, 3.05) is 6.54 Å². The van der Waals surface area contributed by atoms with E-state index in [1.54, 1.807) is 0 Å². The summed E-state index contributed by atoms with van der Waals surface area (Å²) in [5, 5.41) is 5.67. The van der Waals surface area contributed by atoms with Gasteiger partial charge in [0.15, 0.2) is 0 Å². The molecule has 6 N–H and O–H groups in total. The third kappa shape index (κ3) is 6.02. The summed E-state index contributed by atoms with van der Waals surface area (Å²) in [5.41, 5.74) is 12.6. The van der Waals surface area contributed by atoms with E-state index in [1.165, 1.54) is 0 Å². The molecule has 1 aromatic carbocycles. The monoisotopic (exact) mass is 356 g/mol. The van der Waals surface area contributed by atoms with Crippen LogP contribution in [-0.2, 0) is 4.79 Å². The molecule has 0 bridgehead atoms. The summed E-state index contributed by atoms with van der Waals surface area (Å²) in [5.74, 6) is -0.152. The number of halogens is 1. The van der Waals surface area contributed by atoms with E-state index in [1.807, 2.05) is 45.0 Å². The first-order valence-electron chi connectivity index (χ1n) is 8.00. The molecular weight excluding hydrogens is 328 g/mol. The molecule has 0 heterocycles. The molecule has 3 amide bonds. The van der Waals surface area contributed by atoms with Gasteiger partial charge in [0, 0.05) is 6.54 Å². The van der Waals surface area contributed by atoms with Gasteiger partial charge in [0.25, 0.3) is 0 Å². The number of amides is 3. The molecule has 6 nitrogen and oxygen atoms in total. The van der Waals surface area contributed by atoms with E-state index in [-0.39, 0.29) is 24.7 Å². The smallest absolute Gasteiger partial charge is 0.312 e. The molecular formula is C17H29ClN4O2. The highest BCUT2D eigenvalue weighted by Gasteiger charge is 2.28. The maximum Gasteiger partial charge on any atom is 0.312 e.